The van der Waals surface area contributed by atoms with Gasteiger partial charge in [-0.05, 0) is 56.3 Å². The van der Waals surface area contributed by atoms with E-state index in [0.29, 0.717) is 13.2 Å². The highest BCUT2D eigenvalue weighted by atomic mass is 16.6. The first-order valence-electron chi connectivity index (χ1n) is 7.41. The van der Waals surface area contributed by atoms with E-state index in [2.05, 4.69) is 24.1 Å². The van der Waals surface area contributed by atoms with E-state index in [1.54, 1.807) is 6.26 Å². The topological polar surface area (TPSA) is 34.8 Å². The Kier molecular flexibility index (Phi) is 4.46. The lowest BCUT2D eigenvalue weighted by Gasteiger charge is -2.19. The Balaban J connectivity index is 1.46. The van der Waals surface area contributed by atoms with Gasteiger partial charge < -0.3 is 13.9 Å². The third kappa shape index (κ3) is 3.79. The molecule has 0 bridgehead atoms. The standard InChI is InChI=1S/C17H21NO3/c1-18(13-15-5-3-9-19-15)8-2-4-14-6-7-16-17(12-14)21-11-10-20-16/h3,5-7,9,12H,2,4,8,10-11,13H2,1H3. The second-order valence-electron chi connectivity index (χ2n) is 5.40. The monoisotopic (exact) mass is 287 g/mol. The quantitative estimate of drug-likeness (QED) is 0.817. The van der Waals surface area contributed by atoms with Crippen LogP contribution in [-0.2, 0) is 13.0 Å². The number of hydrogen-bond acceptors (Lipinski definition) is 4. The summed E-state index contributed by atoms with van der Waals surface area (Å²) in [6, 6.07) is 10.2. The Labute approximate surface area is 125 Å². The predicted molar refractivity (Wildman–Crippen MR) is 80.8 cm³/mol. The Bertz CT molecular complexity index is 565. The molecule has 1 aromatic carbocycles. The second kappa shape index (κ2) is 6.68. The Hall–Kier alpha value is -1.94. The lowest BCUT2D eigenvalue weighted by molar-refractivity contribution is 0.171. The van der Waals surface area contributed by atoms with Crippen molar-refractivity contribution in [3.63, 3.8) is 0 Å². The number of nitrogens with zero attached hydrogens (tertiary/aromatic N) is 1. The van der Waals surface area contributed by atoms with Gasteiger partial charge in [0.25, 0.3) is 0 Å². The number of rotatable bonds is 6. The van der Waals surface area contributed by atoms with Crippen LogP contribution in [0.4, 0.5) is 0 Å². The maximum absolute atomic E-state index is 5.61. The molecule has 112 valence electrons. The minimum absolute atomic E-state index is 0.641. The molecule has 0 amide bonds. The Morgan fingerprint density at radius 1 is 1.10 bits per heavy atom. The molecule has 4 nitrogen and oxygen atoms in total. The zero-order valence-electron chi connectivity index (χ0n) is 12.4. The van der Waals surface area contributed by atoms with Crippen molar-refractivity contribution < 1.29 is 13.9 Å². The van der Waals surface area contributed by atoms with Crippen LogP contribution in [0.15, 0.2) is 41.0 Å². The van der Waals surface area contributed by atoms with Crippen LogP contribution in [0.25, 0.3) is 0 Å². The largest absolute Gasteiger partial charge is 0.486 e. The first-order valence-corrected chi connectivity index (χ1v) is 7.41. The zero-order valence-corrected chi connectivity index (χ0v) is 12.4. The van der Waals surface area contributed by atoms with Crippen LogP contribution in [0.2, 0.25) is 0 Å². The van der Waals surface area contributed by atoms with Gasteiger partial charge in [0.15, 0.2) is 11.5 Å². The van der Waals surface area contributed by atoms with Crippen LogP contribution in [0.3, 0.4) is 0 Å². The minimum Gasteiger partial charge on any atom is -0.486 e. The fourth-order valence-electron chi connectivity index (χ4n) is 2.54. The van der Waals surface area contributed by atoms with Gasteiger partial charge in [0.05, 0.1) is 12.8 Å². The molecule has 0 radical (unpaired) electrons. The van der Waals surface area contributed by atoms with Gasteiger partial charge in [-0.25, -0.2) is 0 Å². The van der Waals surface area contributed by atoms with Crippen molar-refractivity contribution in [2.75, 3.05) is 26.8 Å². The van der Waals surface area contributed by atoms with E-state index in [9.17, 15) is 0 Å². The second-order valence-corrected chi connectivity index (χ2v) is 5.40. The van der Waals surface area contributed by atoms with Crippen molar-refractivity contribution in [1.82, 2.24) is 4.90 Å². The number of fused-ring (bicyclic) bond motifs is 1. The Morgan fingerprint density at radius 2 is 1.95 bits per heavy atom. The summed E-state index contributed by atoms with van der Waals surface area (Å²) in [4.78, 5) is 2.27. The molecule has 0 unspecified atom stereocenters. The van der Waals surface area contributed by atoms with Crippen molar-refractivity contribution in [2.24, 2.45) is 0 Å². The smallest absolute Gasteiger partial charge is 0.161 e. The van der Waals surface area contributed by atoms with Crippen molar-refractivity contribution in [3.8, 4) is 11.5 Å². The van der Waals surface area contributed by atoms with Gasteiger partial charge in [-0.3, -0.25) is 4.90 Å². The first-order chi connectivity index (χ1) is 10.3. The SMILES string of the molecule is CN(CCCc1ccc2c(c1)OCCO2)Cc1ccco1. The summed E-state index contributed by atoms with van der Waals surface area (Å²) in [7, 11) is 2.12. The van der Waals surface area contributed by atoms with E-state index in [4.69, 9.17) is 13.9 Å². The number of hydrogen-bond donors (Lipinski definition) is 0. The molecule has 0 saturated carbocycles. The highest BCUT2D eigenvalue weighted by molar-refractivity contribution is 5.43. The van der Waals surface area contributed by atoms with E-state index in [0.717, 1.165) is 43.2 Å². The summed E-state index contributed by atoms with van der Waals surface area (Å²) in [6.07, 6.45) is 3.87. The summed E-state index contributed by atoms with van der Waals surface area (Å²) in [5.41, 5.74) is 1.30. The highest BCUT2D eigenvalue weighted by Gasteiger charge is 2.11. The molecule has 1 aromatic heterocycles. The van der Waals surface area contributed by atoms with E-state index in [1.807, 2.05) is 18.2 Å². The van der Waals surface area contributed by atoms with E-state index in [1.165, 1.54) is 5.56 Å². The molecule has 1 aliphatic rings. The average molecular weight is 287 g/mol. The first kappa shape index (κ1) is 14.0. The van der Waals surface area contributed by atoms with E-state index < -0.39 is 0 Å². The molecular weight excluding hydrogens is 266 g/mol. The third-order valence-corrected chi connectivity index (χ3v) is 3.62. The fourth-order valence-corrected chi connectivity index (χ4v) is 2.54. The van der Waals surface area contributed by atoms with Crippen molar-refractivity contribution >= 4 is 0 Å². The lowest BCUT2D eigenvalue weighted by atomic mass is 10.1. The van der Waals surface area contributed by atoms with Gasteiger partial charge in [0, 0.05) is 0 Å². The molecule has 1 aliphatic heterocycles. The summed E-state index contributed by atoms with van der Waals surface area (Å²) >= 11 is 0. The van der Waals surface area contributed by atoms with Gasteiger partial charge in [-0.15, -0.1) is 0 Å². The molecule has 3 rings (SSSR count). The summed E-state index contributed by atoms with van der Waals surface area (Å²) < 4.78 is 16.5. The molecule has 2 aromatic rings. The van der Waals surface area contributed by atoms with Crippen LogP contribution >= 0.6 is 0 Å². The lowest BCUT2D eigenvalue weighted by Crippen LogP contribution is -2.19. The molecule has 0 aliphatic carbocycles. The number of ether oxygens (including phenoxy) is 2. The van der Waals surface area contributed by atoms with Crippen LogP contribution in [0.5, 0.6) is 11.5 Å². The molecule has 0 saturated heterocycles. The molecule has 0 N–H and O–H groups in total. The Morgan fingerprint density at radius 3 is 2.76 bits per heavy atom. The van der Waals surface area contributed by atoms with Crippen LogP contribution < -0.4 is 9.47 Å². The summed E-state index contributed by atoms with van der Waals surface area (Å²) in [6.45, 7) is 3.18. The minimum atomic E-state index is 0.641. The van der Waals surface area contributed by atoms with Gasteiger partial charge in [0.1, 0.15) is 19.0 Å². The van der Waals surface area contributed by atoms with Crippen LogP contribution in [0.1, 0.15) is 17.7 Å². The van der Waals surface area contributed by atoms with Crippen molar-refractivity contribution in [3.05, 3.63) is 47.9 Å². The van der Waals surface area contributed by atoms with Gasteiger partial charge in [-0.2, -0.15) is 0 Å². The van der Waals surface area contributed by atoms with Crippen molar-refractivity contribution in [1.29, 1.82) is 0 Å². The number of benzene rings is 1. The average Bonchev–Trinajstić information content (AvgIpc) is 3.00. The van der Waals surface area contributed by atoms with Crippen LogP contribution in [0, 0.1) is 0 Å². The maximum atomic E-state index is 5.61. The fraction of sp³-hybridized carbons (Fsp3) is 0.412. The molecular formula is C17H21NO3. The van der Waals surface area contributed by atoms with Gasteiger partial charge >= 0.3 is 0 Å². The number of aryl methyl sites for hydroxylation is 1. The van der Waals surface area contributed by atoms with E-state index in [-0.39, 0.29) is 0 Å². The highest BCUT2D eigenvalue weighted by Crippen LogP contribution is 2.31. The molecule has 0 atom stereocenters. The predicted octanol–water partition coefficient (Wildman–Crippen LogP) is 3.12. The van der Waals surface area contributed by atoms with Crippen LogP contribution in [-0.4, -0.2) is 31.7 Å². The molecule has 4 heteroatoms. The summed E-state index contributed by atoms with van der Waals surface area (Å²) in [5.74, 6) is 2.75. The molecule has 0 fully saturated rings. The molecule has 2 heterocycles. The molecule has 0 spiro atoms. The molecule has 21 heavy (non-hydrogen) atoms. The van der Waals surface area contributed by atoms with Gasteiger partial charge in [0.2, 0.25) is 0 Å². The normalized spacial score (nSPS) is 13.6. The van der Waals surface area contributed by atoms with Crippen molar-refractivity contribution in [2.45, 2.75) is 19.4 Å². The van der Waals surface area contributed by atoms with E-state index >= 15 is 0 Å². The number of furan rings is 1. The van der Waals surface area contributed by atoms with Gasteiger partial charge in [-0.1, -0.05) is 6.07 Å². The zero-order chi connectivity index (χ0) is 14.5. The third-order valence-electron chi connectivity index (χ3n) is 3.62. The summed E-state index contributed by atoms with van der Waals surface area (Å²) in [5, 5.41) is 0. The maximum Gasteiger partial charge on any atom is 0.161 e.